The molecule has 5 heteroatoms. The van der Waals surface area contributed by atoms with Crippen molar-refractivity contribution in [3.8, 4) is 0 Å². The summed E-state index contributed by atoms with van der Waals surface area (Å²) in [6, 6.07) is 12.0. The number of amides is 1. The number of furan rings is 1. The summed E-state index contributed by atoms with van der Waals surface area (Å²) in [7, 11) is 0. The van der Waals surface area contributed by atoms with Gasteiger partial charge in [-0.05, 0) is 43.5 Å². The van der Waals surface area contributed by atoms with Crippen molar-refractivity contribution in [2.45, 2.75) is 17.9 Å². The third-order valence-corrected chi connectivity index (χ3v) is 4.91. The van der Waals surface area contributed by atoms with Gasteiger partial charge < -0.3 is 9.32 Å². The molecule has 1 aromatic heterocycles. The molecule has 0 N–H and O–H groups in total. The molecule has 1 aliphatic rings. The van der Waals surface area contributed by atoms with Gasteiger partial charge in [0.2, 0.25) is 5.91 Å². The number of para-hydroxylation sites is 1. The first-order valence-corrected chi connectivity index (χ1v) is 9.29. The number of carbonyl (C=O) groups is 1. The van der Waals surface area contributed by atoms with Crippen molar-refractivity contribution < 1.29 is 9.21 Å². The highest BCUT2D eigenvalue weighted by Gasteiger charge is 2.31. The van der Waals surface area contributed by atoms with Crippen molar-refractivity contribution in [2.24, 2.45) is 0 Å². The van der Waals surface area contributed by atoms with Crippen LogP contribution < -0.4 is 4.90 Å². The third kappa shape index (κ3) is 3.74. The molecular weight excluding hydrogens is 320 g/mol. The van der Waals surface area contributed by atoms with Crippen LogP contribution >= 0.6 is 11.8 Å². The second-order valence-electron chi connectivity index (χ2n) is 5.90. The first-order chi connectivity index (χ1) is 11.7. The molecule has 3 rings (SSSR count). The molecule has 2 heterocycles. The fourth-order valence-electron chi connectivity index (χ4n) is 3.08. The van der Waals surface area contributed by atoms with Crippen molar-refractivity contribution in [3.63, 3.8) is 0 Å². The van der Waals surface area contributed by atoms with E-state index in [-0.39, 0.29) is 11.9 Å². The molecule has 1 fully saturated rings. The standard InChI is InChI=1S/C19H22N2O2S/c1-15-13-20(11-5-7-16-8-6-12-23-16)14-19(22)21(15)17-9-3-4-10-18(17)24-2/h3-10,12,15H,11,13-14H2,1-2H3. The van der Waals surface area contributed by atoms with Crippen LogP contribution in [-0.4, -0.2) is 42.7 Å². The Labute approximate surface area is 147 Å². The molecule has 1 aromatic carbocycles. The van der Waals surface area contributed by atoms with Crippen LogP contribution in [0, 0.1) is 0 Å². The van der Waals surface area contributed by atoms with Gasteiger partial charge in [0.05, 0.1) is 18.5 Å². The number of anilines is 1. The van der Waals surface area contributed by atoms with Gasteiger partial charge in [0.1, 0.15) is 5.76 Å². The lowest BCUT2D eigenvalue weighted by Gasteiger charge is -2.39. The number of piperazine rings is 1. The Hall–Kier alpha value is -1.98. The van der Waals surface area contributed by atoms with E-state index in [1.54, 1.807) is 18.0 Å². The van der Waals surface area contributed by atoms with Crippen molar-refractivity contribution in [1.29, 1.82) is 0 Å². The summed E-state index contributed by atoms with van der Waals surface area (Å²) in [4.78, 5) is 18.0. The Balaban J connectivity index is 1.67. The van der Waals surface area contributed by atoms with Crippen molar-refractivity contribution >= 4 is 29.4 Å². The van der Waals surface area contributed by atoms with Crippen LogP contribution in [-0.2, 0) is 4.79 Å². The Kier molecular flexibility index (Phi) is 5.43. The Morgan fingerprint density at radius 1 is 1.29 bits per heavy atom. The number of benzene rings is 1. The third-order valence-electron chi connectivity index (χ3n) is 4.12. The molecule has 1 amide bonds. The minimum Gasteiger partial charge on any atom is -0.465 e. The van der Waals surface area contributed by atoms with Crippen molar-refractivity contribution in [1.82, 2.24) is 4.90 Å². The Morgan fingerprint density at radius 2 is 2.12 bits per heavy atom. The summed E-state index contributed by atoms with van der Waals surface area (Å²) in [5, 5.41) is 0. The summed E-state index contributed by atoms with van der Waals surface area (Å²) in [5.41, 5.74) is 1.02. The zero-order chi connectivity index (χ0) is 16.9. The molecule has 1 atom stereocenters. The zero-order valence-electron chi connectivity index (χ0n) is 14.0. The van der Waals surface area contributed by atoms with Crippen LogP contribution in [0.5, 0.6) is 0 Å². The van der Waals surface area contributed by atoms with Crippen LogP contribution in [0.4, 0.5) is 5.69 Å². The number of thioether (sulfide) groups is 1. The van der Waals surface area contributed by atoms with Gasteiger partial charge in [-0.1, -0.05) is 18.2 Å². The van der Waals surface area contributed by atoms with Gasteiger partial charge in [0.15, 0.2) is 0 Å². The van der Waals surface area contributed by atoms with Gasteiger partial charge in [-0.3, -0.25) is 9.69 Å². The van der Waals surface area contributed by atoms with Crippen LogP contribution in [0.25, 0.3) is 6.08 Å². The van der Waals surface area contributed by atoms with Crippen molar-refractivity contribution in [2.75, 3.05) is 30.8 Å². The topological polar surface area (TPSA) is 36.7 Å². The number of carbonyl (C=O) groups excluding carboxylic acids is 1. The fourth-order valence-corrected chi connectivity index (χ4v) is 3.67. The first-order valence-electron chi connectivity index (χ1n) is 8.06. The highest BCUT2D eigenvalue weighted by molar-refractivity contribution is 7.98. The van der Waals surface area contributed by atoms with Gasteiger partial charge in [-0.15, -0.1) is 11.8 Å². The largest absolute Gasteiger partial charge is 0.465 e. The van der Waals surface area contributed by atoms with Gasteiger partial charge in [-0.25, -0.2) is 0 Å². The quantitative estimate of drug-likeness (QED) is 0.776. The molecule has 1 unspecified atom stereocenters. The smallest absolute Gasteiger partial charge is 0.241 e. The molecule has 4 nitrogen and oxygen atoms in total. The second-order valence-corrected chi connectivity index (χ2v) is 6.74. The summed E-state index contributed by atoms with van der Waals surface area (Å²) >= 11 is 1.68. The van der Waals surface area contributed by atoms with E-state index < -0.39 is 0 Å². The number of nitrogens with zero attached hydrogens (tertiary/aromatic N) is 2. The SMILES string of the molecule is CSc1ccccc1N1C(=O)CN(CC=Cc2ccco2)CC1C. The number of rotatable bonds is 5. The number of hydrogen-bond acceptors (Lipinski definition) is 4. The maximum absolute atomic E-state index is 12.7. The summed E-state index contributed by atoms with van der Waals surface area (Å²) in [6.07, 6.45) is 7.70. The van der Waals surface area contributed by atoms with E-state index in [0.717, 1.165) is 29.4 Å². The van der Waals surface area contributed by atoms with E-state index in [1.165, 1.54) is 0 Å². The minimum atomic E-state index is 0.150. The first kappa shape index (κ1) is 16.9. The fraction of sp³-hybridized carbons (Fsp3) is 0.316. The van der Waals surface area contributed by atoms with E-state index in [9.17, 15) is 4.79 Å². The average molecular weight is 342 g/mol. The molecule has 0 radical (unpaired) electrons. The minimum absolute atomic E-state index is 0.150. The van der Waals surface area contributed by atoms with Gasteiger partial charge in [0, 0.05) is 24.0 Å². The predicted octanol–water partition coefficient (Wildman–Crippen LogP) is 3.75. The average Bonchev–Trinajstić information content (AvgIpc) is 3.08. The van der Waals surface area contributed by atoms with E-state index in [2.05, 4.69) is 17.9 Å². The molecule has 24 heavy (non-hydrogen) atoms. The van der Waals surface area contributed by atoms with Crippen LogP contribution in [0.1, 0.15) is 12.7 Å². The van der Waals surface area contributed by atoms with Crippen molar-refractivity contribution in [3.05, 3.63) is 54.5 Å². The predicted molar refractivity (Wildman–Crippen MR) is 99.4 cm³/mol. The lowest BCUT2D eigenvalue weighted by atomic mass is 10.1. The molecular formula is C19H22N2O2S. The molecule has 0 bridgehead atoms. The van der Waals surface area contributed by atoms with E-state index in [4.69, 9.17) is 4.42 Å². The number of hydrogen-bond donors (Lipinski definition) is 0. The molecule has 126 valence electrons. The lowest BCUT2D eigenvalue weighted by molar-refractivity contribution is -0.121. The van der Waals surface area contributed by atoms with Crippen LogP contribution in [0.3, 0.4) is 0 Å². The Bertz CT molecular complexity index is 712. The van der Waals surface area contributed by atoms with E-state index in [1.807, 2.05) is 53.6 Å². The van der Waals surface area contributed by atoms with Gasteiger partial charge in [-0.2, -0.15) is 0 Å². The molecule has 2 aromatic rings. The lowest BCUT2D eigenvalue weighted by Crippen LogP contribution is -2.55. The van der Waals surface area contributed by atoms with E-state index in [0.29, 0.717) is 6.54 Å². The summed E-state index contributed by atoms with van der Waals surface area (Å²) in [6.45, 7) is 4.15. The summed E-state index contributed by atoms with van der Waals surface area (Å²) < 4.78 is 5.28. The molecule has 0 aliphatic carbocycles. The van der Waals surface area contributed by atoms with Crippen LogP contribution in [0.2, 0.25) is 0 Å². The monoisotopic (exact) mass is 342 g/mol. The van der Waals surface area contributed by atoms with E-state index >= 15 is 0 Å². The van der Waals surface area contributed by atoms with Gasteiger partial charge in [0.25, 0.3) is 0 Å². The molecule has 1 aliphatic heterocycles. The molecule has 1 saturated heterocycles. The molecule has 0 spiro atoms. The maximum atomic E-state index is 12.7. The summed E-state index contributed by atoms with van der Waals surface area (Å²) in [5.74, 6) is 0.989. The maximum Gasteiger partial charge on any atom is 0.241 e. The highest BCUT2D eigenvalue weighted by atomic mass is 32.2. The Morgan fingerprint density at radius 3 is 2.83 bits per heavy atom. The van der Waals surface area contributed by atoms with Crippen LogP contribution in [0.15, 0.2) is 58.1 Å². The highest BCUT2D eigenvalue weighted by Crippen LogP contribution is 2.31. The second kappa shape index (κ2) is 7.73. The zero-order valence-corrected chi connectivity index (χ0v) is 14.8. The normalized spacial score (nSPS) is 19.3. The molecule has 0 saturated carbocycles. The van der Waals surface area contributed by atoms with Gasteiger partial charge >= 0.3 is 0 Å².